The highest BCUT2D eigenvalue weighted by molar-refractivity contribution is 5.80. The van der Waals surface area contributed by atoms with Gasteiger partial charge in [0, 0.05) is 12.6 Å². The van der Waals surface area contributed by atoms with Gasteiger partial charge < -0.3 is 15.0 Å². The summed E-state index contributed by atoms with van der Waals surface area (Å²) in [7, 11) is 2.07. The van der Waals surface area contributed by atoms with Crippen LogP contribution in [0.4, 0.5) is 0 Å². The number of hydrogen-bond acceptors (Lipinski definition) is 4. The largest absolute Gasteiger partial charge is 0.465 e. The fraction of sp³-hybridized carbons (Fsp3) is 0.923. The van der Waals surface area contributed by atoms with Crippen molar-refractivity contribution in [1.29, 1.82) is 0 Å². The Kier molecular flexibility index (Phi) is 7.39. The summed E-state index contributed by atoms with van der Waals surface area (Å²) in [6.45, 7) is 12.1. The number of carbonyl (C=O) groups excluding carboxylic acids is 1. The zero-order valence-corrected chi connectivity index (χ0v) is 12.2. The Morgan fingerprint density at radius 3 is 2.41 bits per heavy atom. The molecule has 0 aliphatic carbocycles. The molecular formula is C13H28N2O2. The van der Waals surface area contributed by atoms with Crippen LogP contribution in [-0.4, -0.2) is 49.2 Å². The van der Waals surface area contributed by atoms with E-state index in [0.29, 0.717) is 12.6 Å². The standard InChI is InChI=1S/C13H28N2O2/c1-7-14-13(5,12(16)17-8-2)9-10-15(6)11(3)4/h11,14H,7-10H2,1-6H3. The van der Waals surface area contributed by atoms with Crippen LogP contribution in [0.25, 0.3) is 0 Å². The number of esters is 1. The van der Waals surface area contributed by atoms with Crippen LogP contribution in [0.2, 0.25) is 0 Å². The Hall–Kier alpha value is -0.610. The van der Waals surface area contributed by atoms with E-state index in [0.717, 1.165) is 19.5 Å². The minimum atomic E-state index is -0.575. The fourth-order valence-corrected chi connectivity index (χ4v) is 1.60. The van der Waals surface area contributed by atoms with E-state index < -0.39 is 5.54 Å². The molecule has 4 heteroatoms. The SMILES string of the molecule is CCNC(C)(CCN(C)C(C)C)C(=O)OCC. The van der Waals surface area contributed by atoms with Gasteiger partial charge in [0.05, 0.1) is 6.61 Å². The average molecular weight is 244 g/mol. The molecule has 0 heterocycles. The molecule has 0 aromatic carbocycles. The van der Waals surface area contributed by atoms with Crippen LogP contribution >= 0.6 is 0 Å². The van der Waals surface area contributed by atoms with Crippen LogP contribution < -0.4 is 5.32 Å². The molecule has 0 bridgehead atoms. The topological polar surface area (TPSA) is 41.6 Å². The van der Waals surface area contributed by atoms with Gasteiger partial charge in [-0.2, -0.15) is 0 Å². The summed E-state index contributed by atoms with van der Waals surface area (Å²) in [5.41, 5.74) is -0.575. The summed E-state index contributed by atoms with van der Waals surface area (Å²) < 4.78 is 5.13. The lowest BCUT2D eigenvalue weighted by Gasteiger charge is -2.31. The van der Waals surface area contributed by atoms with Crippen LogP contribution in [0, 0.1) is 0 Å². The second-order valence-electron chi connectivity index (χ2n) is 4.91. The minimum absolute atomic E-state index is 0.154. The first-order chi connectivity index (χ1) is 7.87. The molecule has 1 unspecified atom stereocenters. The molecule has 0 rings (SSSR count). The number of likely N-dealkylation sites (N-methyl/N-ethyl adjacent to an activating group) is 1. The van der Waals surface area contributed by atoms with Crippen molar-refractivity contribution in [2.45, 2.75) is 52.6 Å². The molecule has 1 atom stereocenters. The minimum Gasteiger partial charge on any atom is -0.465 e. The van der Waals surface area contributed by atoms with Crippen molar-refractivity contribution in [2.24, 2.45) is 0 Å². The first-order valence-corrected chi connectivity index (χ1v) is 6.49. The number of nitrogens with zero attached hydrogens (tertiary/aromatic N) is 1. The van der Waals surface area contributed by atoms with Gasteiger partial charge in [0.15, 0.2) is 0 Å². The molecule has 0 radical (unpaired) electrons. The van der Waals surface area contributed by atoms with Gasteiger partial charge in [-0.05, 0) is 47.7 Å². The maximum Gasteiger partial charge on any atom is 0.326 e. The third-order valence-electron chi connectivity index (χ3n) is 3.14. The fourth-order valence-electron chi connectivity index (χ4n) is 1.60. The highest BCUT2D eigenvalue weighted by Gasteiger charge is 2.33. The van der Waals surface area contributed by atoms with E-state index in [1.54, 1.807) is 0 Å². The van der Waals surface area contributed by atoms with Crippen molar-refractivity contribution in [2.75, 3.05) is 26.7 Å². The van der Waals surface area contributed by atoms with Gasteiger partial charge in [0.1, 0.15) is 5.54 Å². The van der Waals surface area contributed by atoms with Crippen molar-refractivity contribution in [1.82, 2.24) is 10.2 Å². The lowest BCUT2D eigenvalue weighted by Crippen LogP contribution is -2.52. The molecule has 0 saturated carbocycles. The van der Waals surface area contributed by atoms with Gasteiger partial charge in [0.25, 0.3) is 0 Å². The van der Waals surface area contributed by atoms with Crippen molar-refractivity contribution >= 4 is 5.97 Å². The highest BCUT2D eigenvalue weighted by Crippen LogP contribution is 2.13. The molecule has 0 aliphatic rings. The molecule has 0 aliphatic heterocycles. The molecule has 102 valence electrons. The summed E-state index contributed by atoms with van der Waals surface area (Å²) in [5.74, 6) is -0.154. The lowest BCUT2D eigenvalue weighted by molar-refractivity contribution is -0.151. The van der Waals surface area contributed by atoms with Crippen molar-refractivity contribution < 1.29 is 9.53 Å². The monoisotopic (exact) mass is 244 g/mol. The van der Waals surface area contributed by atoms with Crippen LogP contribution in [0.5, 0.6) is 0 Å². The van der Waals surface area contributed by atoms with Crippen molar-refractivity contribution in [3.63, 3.8) is 0 Å². The summed E-state index contributed by atoms with van der Waals surface area (Å²) in [5, 5.41) is 3.24. The summed E-state index contributed by atoms with van der Waals surface area (Å²) in [4.78, 5) is 14.2. The van der Waals surface area contributed by atoms with Gasteiger partial charge in [-0.15, -0.1) is 0 Å². The van der Waals surface area contributed by atoms with E-state index in [9.17, 15) is 4.79 Å². The lowest BCUT2D eigenvalue weighted by atomic mass is 9.97. The Morgan fingerprint density at radius 1 is 1.41 bits per heavy atom. The average Bonchev–Trinajstić information content (AvgIpc) is 2.26. The maximum absolute atomic E-state index is 11.9. The molecule has 0 saturated heterocycles. The smallest absolute Gasteiger partial charge is 0.326 e. The number of carbonyl (C=O) groups is 1. The highest BCUT2D eigenvalue weighted by atomic mass is 16.5. The van der Waals surface area contributed by atoms with E-state index in [1.807, 2.05) is 20.8 Å². The zero-order chi connectivity index (χ0) is 13.5. The molecule has 0 amide bonds. The van der Waals surface area contributed by atoms with Gasteiger partial charge in [0.2, 0.25) is 0 Å². The summed E-state index contributed by atoms with van der Waals surface area (Å²) >= 11 is 0. The van der Waals surface area contributed by atoms with Gasteiger partial charge in [-0.3, -0.25) is 4.79 Å². The first kappa shape index (κ1) is 16.4. The first-order valence-electron chi connectivity index (χ1n) is 6.49. The number of nitrogens with one attached hydrogen (secondary N) is 1. The maximum atomic E-state index is 11.9. The Labute approximate surface area is 106 Å². The molecule has 0 aromatic rings. The van der Waals surface area contributed by atoms with Crippen LogP contribution in [0.3, 0.4) is 0 Å². The van der Waals surface area contributed by atoms with Crippen molar-refractivity contribution in [3.05, 3.63) is 0 Å². The van der Waals surface area contributed by atoms with Crippen LogP contribution in [-0.2, 0) is 9.53 Å². The summed E-state index contributed by atoms with van der Waals surface area (Å²) in [6.07, 6.45) is 0.758. The van der Waals surface area contributed by atoms with E-state index >= 15 is 0 Å². The molecule has 1 N–H and O–H groups in total. The third kappa shape index (κ3) is 5.50. The predicted octanol–water partition coefficient (Wildman–Crippen LogP) is 1.65. The van der Waals surface area contributed by atoms with E-state index in [1.165, 1.54) is 0 Å². The quantitative estimate of drug-likeness (QED) is 0.659. The molecular weight excluding hydrogens is 216 g/mol. The molecule has 0 fully saturated rings. The van der Waals surface area contributed by atoms with Gasteiger partial charge in [-0.25, -0.2) is 0 Å². The van der Waals surface area contributed by atoms with E-state index in [4.69, 9.17) is 4.74 Å². The van der Waals surface area contributed by atoms with Crippen LogP contribution in [0.1, 0.15) is 41.0 Å². The second-order valence-corrected chi connectivity index (χ2v) is 4.91. The normalized spacial score (nSPS) is 15.1. The number of hydrogen-bond donors (Lipinski definition) is 1. The number of ether oxygens (including phenoxy) is 1. The Morgan fingerprint density at radius 2 is 2.00 bits per heavy atom. The zero-order valence-electron chi connectivity index (χ0n) is 12.2. The van der Waals surface area contributed by atoms with Gasteiger partial charge in [-0.1, -0.05) is 6.92 Å². The Balaban J connectivity index is 4.45. The van der Waals surface area contributed by atoms with Crippen LogP contribution in [0.15, 0.2) is 0 Å². The second kappa shape index (κ2) is 7.67. The van der Waals surface area contributed by atoms with E-state index in [2.05, 4.69) is 31.1 Å². The predicted molar refractivity (Wildman–Crippen MR) is 71.1 cm³/mol. The Bertz CT molecular complexity index is 231. The third-order valence-corrected chi connectivity index (χ3v) is 3.14. The van der Waals surface area contributed by atoms with E-state index in [-0.39, 0.29) is 5.97 Å². The molecule has 4 nitrogen and oxygen atoms in total. The molecule has 0 aromatic heterocycles. The number of rotatable bonds is 8. The van der Waals surface area contributed by atoms with Gasteiger partial charge >= 0.3 is 5.97 Å². The van der Waals surface area contributed by atoms with Crippen molar-refractivity contribution in [3.8, 4) is 0 Å². The molecule has 17 heavy (non-hydrogen) atoms. The molecule has 0 spiro atoms. The summed E-state index contributed by atoms with van der Waals surface area (Å²) in [6, 6.07) is 0.489.